The SMILES string of the molecule is O=C(CSc1cc(Cl)ccc1Cl)N[C@H]1C(=O)N2C(C(=O)O)=C(CSc3cc[n+](CC[C@H](O)C(=O)O)cc3)CS[C@H]12. The highest BCUT2D eigenvalue weighted by atomic mass is 35.5. The Morgan fingerprint density at radius 3 is 2.55 bits per heavy atom. The molecule has 4 N–H and O–H groups in total. The van der Waals surface area contributed by atoms with Crippen molar-refractivity contribution in [2.75, 3.05) is 17.3 Å². The number of aromatic nitrogens is 1. The molecule has 0 bridgehead atoms. The number of carboxylic acid groups (broad SMARTS) is 2. The number of fused-ring (bicyclic) bond motifs is 1. The Morgan fingerprint density at radius 1 is 1.15 bits per heavy atom. The normalized spacial score (nSPS) is 19.1. The van der Waals surface area contributed by atoms with E-state index < -0.39 is 35.4 Å². The molecule has 2 amide bonds. The molecule has 0 saturated carbocycles. The number of nitrogens with one attached hydrogen (secondary N) is 1. The van der Waals surface area contributed by atoms with Crippen molar-refractivity contribution >= 4 is 82.2 Å². The van der Waals surface area contributed by atoms with Crippen molar-refractivity contribution in [2.45, 2.75) is 40.3 Å². The minimum absolute atomic E-state index is 0.0158. The Labute approximate surface area is 252 Å². The summed E-state index contributed by atoms with van der Waals surface area (Å²) in [5, 5.41) is 31.3. The van der Waals surface area contributed by atoms with Gasteiger partial charge in [0, 0.05) is 44.9 Å². The fourth-order valence-electron chi connectivity index (χ4n) is 3.99. The maximum atomic E-state index is 12.9. The van der Waals surface area contributed by atoms with Crippen molar-refractivity contribution in [3.8, 4) is 0 Å². The Bertz CT molecular complexity index is 1360. The van der Waals surface area contributed by atoms with Crippen LogP contribution < -0.4 is 9.88 Å². The summed E-state index contributed by atoms with van der Waals surface area (Å²) in [6.07, 6.45) is 2.14. The molecule has 10 nitrogen and oxygen atoms in total. The molecule has 2 aliphatic heterocycles. The number of hydrogen-bond acceptors (Lipinski definition) is 8. The summed E-state index contributed by atoms with van der Waals surface area (Å²) < 4.78 is 1.74. The summed E-state index contributed by atoms with van der Waals surface area (Å²) in [5.41, 5.74) is 0.546. The Balaban J connectivity index is 1.33. The molecule has 2 aliphatic rings. The van der Waals surface area contributed by atoms with Crippen LogP contribution in [0.4, 0.5) is 0 Å². The van der Waals surface area contributed by atoms with Crippen LogP contribution >= 0.6 is 58.5 Å². The molecule has 15 heteroatoms. The number of thioether (sulfide) groups is 3. The van der Waals surface area contributed by atoms with Crippen molar-refractivity contribution in [2.24, 2.45) is 0 Å². The lowest BCUT2D eigenvalue weighted by Gasteiger charge is -2.49. The van der Waals surface area contributed by atoms with E-state index in [4.69, 9.17) is 28.3 Å². The zero-order chi connectivity index (χ0) is 29.0. The van der Waals surface area contributed by atoms with Gasteiger partial charge in [-0.1, -0.05) is 23.2 Å². The molecule has 2 aromatic rings. The Kier molecular flexibility index (Phi) is 10.3. The number of β-lactam (4-membered cyclic amide) rings is 1. The highest BCUT2D eigenvalue weighted by Gasteiger charge is 2.54. The lowest BCUT2D eigenvalue weighted by atomic mass is 10.0. The number of aliphatic hydroxyl groups excluding tert-OH is 1. The van der Waals surface area contributed by atoms with E-state index in [2.05, 4.69) is 5.32 Å². The number of carbonyl (C=O) groups excluding carboxylic acids is 2. The molecule has 3 heterocycles. The monoisotopic (exact) mass is 644 g/mol. The van der Waals surface area contributed by atoms with Gasteiger partial charge in [0.1, 0.15) is 17.1 Å². The number of rotatable bonds is 12. The number of halogens is 2. The number of aliphatic hydroxyl groups is 1. The van der Waals surface area contributed by atoms with Crippen LogP contribution in [0, 0.1) is 0 Å². The summed E-state index contributed by atoms with van der Waals surface area (Å²) in [4.78, 5) is 51.1. The largest absolute Gasteiger partial charge is 0.479 e. The van der Waals surface area contributed by atoms with Gasteiger partial charge in [0.05, 0.1) is 10.8 Å². The van der Waals surface area contributed by atoms with Crippen LogP contribution in [0.2, 0.25) is 10.0 Å². The number of carbonyl (C=O) groups is 4. The molecule has 1 fully saturated rings. The quantitative estimate of drug-likeness (QED) is 0.154. The molecule has 0 spiro atoms. The van der Waals surface area contributed by atoms with Crippen LogP contribution in [0.5, 0.6) is 0 Å². The third kappa shape index (κ3) is 7.25. The number of carboxylic acids is 2. The zero-order valence-electron chi connectivity index (χ0n) is 20.7. The molecule has 0 unspecified atom stereocenters. The first kappa shape index (κ1) is 30.5. The van der Waals surface area contributed by atoms with Crippen LogP contribution in [-0.2, 0) is 25.7 Å². The smallest absolute Gasteiger partial charge is 0.352 e. The number of hydrogen-bond donors (Lipinski definition) is 4. The molecule has 1 aromatic heterocycles. The standard InChI is InChI=1S/C25H23Cl2N3O7S3/c26-14-1-2-16(27)18(9-14)39-12-19(32)28-20-22(33)30-21(25(36)37)13(11-40-23(20)30)10-38-15-3-6-29(7-4-15)8-5-17(31)24(34)35/h1-4,6-7,9,17,20,23,31H,5,8,10-12H2,(H2-,28,32,34,35,36,37)/p+1/t17-,20-,23+/m0/s1. The van der Waals surface area contributed by atoms with E-state index in [1.807, 2.05) is 12.1 Å². The fourth-order valence-corrected chi connectivity index (χ4v) is 7.67. The molecule has 1 aromatic carbocycles. The van der Waals surface area contributed by atoms with E-state index in [1.54, 1.807) is 35.2 Å². The van der Waals surface area contributed by atoms with E-state index >= 15 is 0 Å². The average molecular weight is 646 g/mol. The predicted octanol–water partition coefficient (Wildman–Crippen LogP) is 2.74. The van der Waals surface area contributed by atoms with Gasteiger partial charge in [-0.15, -0.1) is 35.3 Å². The van der Waals surface area contributed by atoms with Gasteiger partial charge in [-0.3, -0.25) is 14.5 Å². The van der Waals surface area contributed by atoms with E-state index in [1.165, 1.54) is 40.2 Å². The minimum Gasteiger partial charge on any atom is -0.479 e. The Hall–Kier alpha value is -2.42. The first-order chi connectivity index (χ1) is 19.0. The van der Waals surface area contributed by atoms with Crippen LogP contribution in [0.15, 0.2) is 63.8 Å². The van der Waals surface area contributed by atoms with Gasteiger partial charge in [-0.25, -0.2) is 14.2 Å². The zero-order valence-corrected chi connectivity index (χ0v) is 24.6. The predicted molar refractivity (Wildman–Crippen MR) is 152 cm³/mol. The number of aliphatic carboxylic acids is 2. The van der Waals surface area contributed by atoms with Crippen LogP contribution in [0.3, 0.4) is 0 Å². The molecular formula is C25H24Cl2N3O7S3+. The van der Waals surface area contributed by atoms with E-state index in [0.29, 0.717) is 38.6 Å². The third-order valence-corrected chi connectivity index (χ3v) is 10.2. The summed E-state index contributed by atoms with van der Waals surface area (Å²) in [7, 11) is 0. The van der Waals surface area contributed by atoms with Gasteiger partial charge in [-0.05, 0) is 23.8 Å². The summed E-state index contributed by atoms with van der Waals surface area (Å²) in [5.74, 6) is -2.56. The summed E-state index contributed by atoms with van der Waals surface area (Å²) in [6.45, 7) is 0.326. The van der Waals surface area contributed by atoms with E-state index in [-0.39, 0.29) is 23.8 Å². The van der Waals surface area contributed by atoms with E-state index in [9.17, 15) is 29.4 Å². The third-order valence-electron chi connectivity index (χ3n) is 6.04. The summed E-state index contributed by atoms with van der Waals surface area (Å²) >= 11 is 16.1. The molecule has 1 saturated heterocycles. The number of pyridine rings is 1. The Morgan fingerprint density at radius 2 is 1.88 bits per heavy atom. The number of benzene rings is 1. The maximum absolute atomic E-state index is 12.9. The molecule has 0 aliphatic carbocycles. The minimum atomic E-state index is -1.43. The van der Waals surface area contributed by atoms with Crippen molar-refractivity contribution in [3.63, 3.8) is 0 Å². The fraction of sp³-hybridized carbons (Fsp3) is 0.320. The summed E-state index contributed by atoms with van der Waals surface area (Å²) in [6, 6.07) is 7.74. The number of nitrogens with zero attached hydrogens (tertiary/aromatic N) is 2. The second-order valence-electron chi connectivity index (χ2n) is 8.78. The van der Waals surface area contributed by atoms with Crippen LogP contribution in [-0.4, -0.2) is 78.8 Å². The van der Waals surface area contributed by atoms with Crippen LogP contribution in [0.25, 0.3) is 0 Å². The molecule has 4 rings (SSSR count). The van der Waals surface area contributed by atoms with Crippen molar-refractivity contribution < 1.29 is 39.1 Å². The highest BCUT2D eigenvalue weighted by Crippen LogP contribution is 2.41. The molecular weight excluding hydrogens is 621 g/mol. The second-order valence-corrected chi connectivity index (χ2v) is 12.8. The lowest BCUT2D eigenvalue weighted by Crippen LogP contribution is -2.70. The first-order valence-electron chi connectivity index (χ1n) is 11.8. The highest BCUT2D eigenvalue weighted by molar-refractivity contribution is 8.01. The van der Waals surface area contributed by atoms with Crippen molar-refractivity contribution in [3.05, 3.63) is 64.0 Å². The first-order valence-corrected chi connectivity index (χ1v) is 15.6. The van der Waals surface area contributed by atoms with Crippen molar-refractivity contribution in [1.29, 1.82) is 0 Å². The van der Waals surface area contributed by atoms with Crippen molar-refractivity contribution in [1.82, 2.24) is 10.2 Å². The number of amides is 2. The second kappa shape index (κ2) is 13.5. The average Bonchev–Trinajstić information content (AvgIpc) is 2.93. The lowest BCUT2D eigenvalue weighted by molar-refractivity contribution is -0.698. The van der Waals surface area contributed by atoms with Gasteiger partial charge in [-0.2, -0.15) is 0 Å². The van der Waals surface area contributed by atoms with Gasteiger partial charge in [0.2, 0.25) is 5.91 Å². The van der Waals surface area contributed by atoms with Gasteiger partial charge >= 0.3 is 11.9 Å². The molecule has 0 radical (unpaired) electrons. The molecule has 40 heavy (non-hydrogen) atoms. The number of aryl methyl sites for hydroxylation is 1. The van der Waals surface area contributed by atoms with Crippen LogP contribution in [0.1, 0.15) is 6.42 Å². The topological polar surface area (TPSA) is 148 Å². The van der Waals surface area contributed by atoms with Gasteiger partial charge < -0.3 is 20.6 Å². The molecule has 3 atom stereocenters. The van der Waals surface area contributed by atoms with Gasteiger partial charge in [0.25, 0.3) is 5.91 Å². The van der Waals surface area contributed by atoms with Gasteiger partial charge in [0.15, 0.2) is 25.0 Å². The van der Waals surface area contributed by atoms with E-state index in [0.717, 1.165) is 4.90 Å². The molecule has 212 valence electrons. The maximum Gasteiger partial charge on any atom is 0.352 e.